The zero-order valence-corrected chi connectivity index (χ0v) is 15.4. The summed E-state index contributed by atoms with van der Waals surface area (Å²) in [7, 11) is 0. The molecule has 0 saturated carbocycles. The molecule has 3 aromatic carbocycles. The van der Waals surface area contributed by atoms with Gasteiger partial charge in [-0.2, -0.15) is 0 Å². The topological polar surface area (TPSA) is 52.6 Å². The molecule has 1 aliphatic rings. The molecule has 0 saturated heterocycles. The second-order valence-corrected chi connectivity index (χ2v) is 6.61. The molecule has 4 rings (SSSR count). The summed E-state index contributed by atoms with van der Waals surface area (Å²) in [5.41, 5.74) is 1.51. The molecule has 0 amide bonds. The van der Waals surface area contributed by atoms with E-state index in [-0.39, 0.29) is 11.3 Å². The predicted octanol–water partition coefficient (Wildman–Crippen LogP) is 5.21. The fourth-order valence-electron chi connectivity index (χ4n) is 2.93. The first-order valence-corrected chi connectivity index (χ1v) is 9.04. The number of Topliss-reactive ketones (excluding diaryl/α,β-unsaturated/α-hetero) is 1. The highest BCUT2D eigenvalue weighted by Gasteiger charge is 2.36. The number of hydrogen-bond acceptors (Lipinski definition) is 4. The van der Waals surface area contributed by atoms with Crippen LogP contribution in [0.15, 0.2) is 90.5 Å². The van der Waals surface area contributed by atoms with Gasteiger partial charge < -0.3 is 9.47 Å². The lowest BCUT2D eigenvalue weighted by Crippen LogP contribution is -2.27. The molecule has 5 heteroatoms. The van der Waals surface area contributed by atoms with Gasteiger partial charge >= 0.3 is 5.97 Å². The molecule has 0 N–H and O–H groups in total. The molecular formula is C23H15ClO4. The summed E-state index contributed by atoms with van der Waals surface area (Å²) in [5.74, 6) is -0.969. The van der Waals surface area contributed by atoms with E-state index in [1.165, 1.54) is 0 Å². The van der Waals surface area contributed by atoms with Crippen molar-refractivity contribution in [2.24, 2.45) is 0 Å². The van der Waals surface area contributed by atoms with Crippen LogP contribution >= 0.6 is 11.6 Å². The Morgan fingerprint density at radius 2 is 1.39 bits per heavy atom. The van der Waals surface area contributed by atoms with Crippen molar-refractivity contribution in [2.75, 3.05) is 0 Å². The average molecular weight is 391 g/mol. The third-order valence-electron chi connectivity index (χ3n) is 4.31. The molecule has 1 aliphatic heterocycles. The molecule has 3 aromatic rings. The lowest BCUT2D eigenvalue weighted by molar-refractivity contribution is -0.168. The van der Waals surface area contributed by atoms with Crippen LogP contribution in [0.1, 0.15) is 27.8 Å². The van der Waals surface area contributed by atoms with Gasteiger partial charge in [-0.05, 0) is 12.1 Å². The molecular weight excluding hydrogens is 376 g/mol. The van der Waals surface area contributed by atoms with Crippen LogP contribution in [0.3, 0.4) is 0 Å². The van der Waals surface area contributed by atoms with E-state index in [0.29, 0.717) is 21.7 Å². The maximum Gasteiger partial charge on any atom is 0.349 e. The number of halogens is 1. The Balaban J connectivity index is 1.80. The quantitative estimate of drug-likeness (QED) is 0.349. The van der Waals surface area contributed by atoms with Crippen LogP contribution in [-0.4, -0.2) is 11.8 Å². The summed E-state index contributed by atoms with van der Waals surface area (Å²) >= 11 is 5.93. The van der Waals surface area contributed by atoms with Gasteiger partial charge in [0.05, 0.1) is 0 Å². The van der Waals surface area contributed by atoms with E-state index >= 15 is 0 Å². The van der Waals surface area contributed by atoms with Crippen molar-refractivity contribution in [3.05, 3.63) is 112 Å². The number of ether oxygens (including phenoxy) is 2. The second kappa shape index (κ2) is 7.71. The van der Waals surface area contributed by atoms with E-state index in [4.69, 9.17) is 21.1 Å². The number of cyclic esters (lactones) is 1. The van der Waals surface area contributed by atoms with E-state index in [0.717, 1.165) is 0 Å². The average Bonchev–Trinajstić information content (AvgIpc) is 2.74. The lowest BCUT2D eigenvalue weighted by Gasteiger charge is -2.28. The van der Waals surface area contributed by atoms with Crippen LogP contribution in [0.2, 0.25) is 5.02 Å². The van der Waals surface area contributed by atoms with E-state index in [9.17, 15) is 9.59 Å². The Bertz CT molecular complexity index is 1040. The fraction of sp³-hybridized carbons (Fsp3) is 0.0435. The third-order valence-corrected chi connectivity index (χ3v) is 4.56. The minimum Gasteiger partial charge on any atom is -0.449 e. The van der Waals surface area contributed by atoms with E-state index in [1.54, 1.807) is 66.7 Å². The lowest BCUT2D eigenvalue weighted by atomic mass is 9.98. The number of hydrogen-bond donors (Lipinski definition) is 0. The number of esters is 1. The van der Waals surface area contributed by atoms with Gasteiger partial charge in [0, 0.05) is 21.7 Å². The number of carbonyl (C=O) groups is 2. The molecule has 4 nitrogen and oxygen atoms in total. The van der Waals surface area contributed by atoms with Crippen LogP contribution in [0.4, 0.5) is 0 Å². The molecule has 138 valence electrons. The van der Waals surface area contributed by atoms with E-state index in [2.05, 4.69) is 0 Å². The van der Waals surface area contributed by atoms with Crippen LogP contribution < -0.4 is 0 Å². The molecule has 0 aromatic heterocycles. The van der Waals surface area contributed by atoms with Gasteiger partial charge in [0.2, 0.25) is 5.78 Å². The molecule has 0 bridgehead atoms. The van der Waals surface area contributed by atoms with E-state index < -0.39 is 18.0 Å². The number of carbonyl (C=O) groups excluding carboxylic acids is 2. The highest BCUT2D eigenvalue weighted by Crippen LogP contribution is 2.36. The first-order chi connectivity index (χ1) is 13.6. The van der Waals surface area contributed by atoms with Crippen molar-refractivity contribution in [3.8, 4) is 0 Å². The Kier molecular flexibility index (Phi) is 4.96. The van der Waals surface area contributed by atoms with Gasteiger partial charge in [-0.15, -0.1) is 0 Å². The maximum absolute atomic E-state index is 13.0. The van der Waals surface area contributed by atoms with Gasteiger partial charge in [0.15, 0.2) is 5.57 Å². The van der Waals surface area contributed by atoms with Crippen molar-refractivity contribution < 1.29 is 19.1 Å². The minimum atomic E-state index is -0.965. The summed E-state index contributed by atoms with van der Waals surface area (Å²) in [6.07, 6.45) is -0.965. The predicted molar refractivity (Wildman–Crippen MR) is 106 cm³/mol. The molecule has 1 unspecified atom stereocenters. The Labute approximate surface area is 167 Å². The summed E-state index contributed by atoms with van der Waals surface area (Å²) < 4.78 is 11.4. The van der Waals surface area contributed by atoms with Gasteiger partial charge in [0.25, 0.3) is 6.29 Å². The fourth-order valence-corrected chi connectivity index (χ4v) is 3.05. The largest absolute Gasteiger partial charge is 0.449 e. The van der Waals surface area contributed by atoms with Crippen molar-refractivity contribution >= 4 is 29.1 Å². The first-order valence-electron chi connectivity index (χ1n) is 8.66. The van der Waals surface area contributed by atoms with Crippen LogP contribution in [-0.2, 0) is 14.3 Å². The molecule has 0 radical (unpaired) electrons. The zero-order valence-electron chi connectivity index (χ0n) is 14.7. The molecule has 0 aliphatic carbocycles. The number of ketones is 1. The van der Waals surface area contributed by atoms with E-state index in [1.807, 2.05) is 18.2 Å². The second-order valence-electron chi connectivity index (χ2n) is 6.17. The van der Waals surface area contributed by atoms with Crippen LogP contribution in [0.5, 0.6) is 0 Å². The monoisotopic (exact) mass is 390 g/mol. The summed E-state index contributed by atoms with van der Waals surface area (Å²) in [6.45, 7) is 0. The Morgan fingerprint density at radius 3 is 2.04 bits per heavy atom. The van der Waals surface area contributed by atoms with Crippen molar-refractivity contribution in [1.82, 2.24) is 0 Å². The standard InChI is InChI=1S/C23H15ClO4/c24-18-13-11-17(12-14-18)23-27-21(16-9-5-2-6-10-16)19(22(26)28-23)20(25)15-7-3-1-4-8-15/h1-14,23H. The van der Waals surface area contributed by atoms with Crippen LogP contribution in [0.25, 0.3) is 5.76 Å². The van der Waals surface area contributed by atoms with Crippen molar-refractivity contribution in [1.29, 1.82) is 0 Å². The molecule has 1 heterocycles. The summed E-state index contributed by atoms with van der Waals surface area (Å²) in [6, 6.07) is 24.4. The minimum absolute atomic E-state index is 0.123. The van der Waals surface area contributed by atoms with Gasteiger partial charge in [-0.25, -0.2) is 4.79 Å². The normalized spacial score (nSPS) is 16.3. The molecule has 0 spiro atoms. The summed E-state index contributed by atoms with van der Waals surface area (Å²) in [5, 5.41) is 0.560. The first kappa shape index (κ1) is 18.0. The van der Waals surface area contributed by atoms with Crippen LogP contribution in [0, 0.1) is 0 Å². The van der Waals surface area contributed by atoms with Gasteiger partial charge in [-0.1, -0.05) is 84.4 Å². The Hall–Kier alpha value is -3.37. The maximum atomic E-state index is 13.0. The van der Waals surface area contributed by atoms with Gasteiger partial charge in [-0.3, -0.25) is 4.79 Å². The zero-order chi connectivity index (χ0) is 19.5. The number of benzene rings is 3. The highest BCUT2D eigenvalue weighted by atomic mass is 35.5. The Morgan fingerprint density at radius 1 is 0.786 bits per heavy atom. The summed E-state index contributed by atoms with van der Waals surface area (Å²) in [4.78, 5) is 25.9. The smallest absolute Gasteiger partial charge is 0.349 e. The van der Waals surface area contributed by atoms with Gasteiger partial charge in [0.1, 0.15) is 5.76 Å². The SMILES string of the molecule is O=C1OC(c2ccc(Cl)cc2)OC(c2ccccc2)=C1C(=O)c1ccccc1. The highest BCUT2D eigenvalue weighted by molar-refractivity contribution is 6.30. The number of rotatable bonds is 4. The van der Waals surface area contributed by atoms with Crippen molar-refractivity contribution in [3.63, 3.8) is 0 Å². The molecule has 28 heavy (non-hydrogen) atoms. The molecule has 1 atom stereocenters. The van der Waals surface area contributed by atoms with Crippen molar-refractivity contribution in [2.45, 2.75) is 6.29 Å². The molecule has 0 fully saturated rings. The third kappa shape index (κ3) is 3.55.